The Balaban J connectivity index is 1.92. The third-order valence-electron chi connectivity index (χ3n) is 3.64. The van der Waals surface area contributed by atoms with E-state index in [1.807, 2.05) is 54.6 Å². The topological polar surface area (TPSA) is 81.0 Å². The van der Waals surface area contributed by atoms with Gasteiger partial charge in [-0.05, 0) is 12.1 Å². The molecule has 0 spiro atoms. The van der Waals surface area contributed by atoms with Crippen LogP contribution in [0.2, 0.25) is 0 Å². The van der Waals surface area contributed by atoms with Gasteiger partial charge >= 0.3 is 0 Å². The second-order valence-corrected chi connectivity index (χ2v) is 5.33. The van der Waals surface area contributed by atoms with Gasteiger partial charge in [-0.2, -0.15) is 10.5 Å². The Kier molecular flexibility index (Phi) is 6.61. The molecule has 0 N–H and O–H groups in total. The van der Waals surface area contributed by atoms with E-state index >= 15 is 0 Å². The van der Waals surface area contributed by atoms with Gasteiger partial charge in [0.25, 0.3) is 0 Å². The van der Waals surface area contributed by atoms with Crippen LogP contribution in [-0.4, -0.2) is 23.9 Å². The molecule has 5 heteroatoms. The van der Waals surface area contributed by atoms with Crippen molar-refractivity contribution in [3.8, 4) is 23.5 Å². The summed E-state index contributed by atoms with van der Waals surface area (Å²) in [6.45, 7) is 0.731. The van der Waals surface area contributed by atoms with E-state index in [4.69, 9.17) is 14.9 Å². The lowest BCUT2D eigenvalue weighted by molar-refractivity contribution is -0.131. The van der Waals surface area contributed by atoms with Crippen molar-refractivity contribution in [1.82, 2.24) is 4.90 Å². The molecule has 0 aliphatic rings. The molecule has 1 amide bonds. The highest BCUT2D eigenvalue weighted by Gasteiger charge is 2.14. The van der Waals surface area contributed by atoms with E-state index < -0.39 is 0 Å². The summed E-state index contributed by atoms with van der Waals surface area (Å²) in [5.41, 5.74) is 1.000. The van der Waals surface area contributed by atoms with Crippen molar-refractivity contribution in [1.29, 1.82) is 10.5 Å². The largest absolute Gasteiger partial charge is 0.461 e. The van der Waals surface area contributed by atoms with Crippen LogP contribution in [-0.2, 0) is 11.2 Å². The maximum absolute atomic E-state index is 12.3. The highest BCUT2D eigenvalue weighted by Crippen LogP contribution is 2.22. The number of benzene rings is 1. The van der Waals surface area contributed by atoms with Crippen molar-refractivity contribution in [3.05, 3.63) is 48.2 Å². The molecular formula is C19H19N3O2. The summed E-state index contributed by atoms with van der Waals surface area (Å²) < 4.78 is 5.79. The maximum Gasteiger partial charge on any atom is 0.223 e. The molecule has 2 rings (SSSR count). The number of nitrogens with zero attached hydrogens (tertiary/aromatic N) is 3. The summed E-state index contributed by atoms with van der Waals surface area (Å²) in [7, 11) is 0. The zero-order valence-electron chi connectivity index (χ0n) is 13.4. The van der Waals surface area contributed by atoms with Gasteiger partial charge in [0, 0.05) is 31.5 Å². The van der Waals surface area contributed by atoms with Gasteiger partial charge in [-0.15, -0.1) is 0 Å². The van der Waals surface area contributed by atoms with Crippen LogP contribution < -0.4 is 0 Å². The molecule has 0 radical (unpaired) electrons. The van der Waals surface area contributed by atoms with Crippen LogP contribution in [0.1, 0.15) is 25.0 Å². The molecule has 1 heterocycles. The fraction of sp³-hybridized carbons (Fsp3) is 0.316. The van der Waals surface area contributed by atoms with E-state index in [-0.39, 0.29) is 18.7 Å². The molecule has 0 saturated carbocycles. The van der Waals surface area contributed by atoms with E-state index in [1.54, 1.807) is 4.90 Å². The third-order valence-corrected chi connectivity index (χ3v) is 3.64. The van der Waals surface area contributed by atoms with E-state index in [2.05, 4.69) is 0 Å². The van der Waals surface area contributed by atoms with E-state index in [9.17, 15) is 4.79 Å². The van der Waals surface area contributed by atoms with Gasteiger partial charge in [0.1, 0.15) is 11.5 Å². The van der Waals surface area contributed by atoms with Crippen molar-refractivity contribution in [2.45, 2.75) is 25.7 Å². The van der Waals surface area contributed by atoms with Crippen LogP contribution in [0, 0.1) is 22.7 Å². The summed E-state index contributed by atoms with van der Waals surface area (Å²) in [6.07, 6.45) is 1.35. The first-order valence-electron chi connectivity index (χ1n) is 7.90. The Bertz CT molecular complexity index is 720. The van der Waals surface area contributed by atoms with Gasteiger partial charge in [0.05, 0.1) is 25.0 Å². The number of hydrogen-bond acceptors (Lipinski definition) is 4. The molecule has 0 bridgehead atoms. The molecule has 1 aromatic carbocycles. The van der Waals surface area contributed by atoms with Gasteiger partial charge in [0.2, 0.25) is 5.91 Å². The molecule has 5 nitrogen and oxygen atoms in total. The average molecular weight is 321 g/mol. The summed E-state index contributed by atoms with van der Waals surface area (Å²) in [5.74, 6) is 1.48. The molecule has 122 valence electrons. The smallest absolute Gasteiger partial charge is 0.223 e. The van der Waals surface area contributed by atoms with Crippen molar-refractivity contribution < 1.29 is 9.21 Å². The predicted octanol–water partition coefficient (Wildman–Crippen LogP) is 3.54. The number of carbonyl (C=O) groups excluding carboxylic acids is 1. The van der Waals surface area contributed by atoms with Gasteiger partial charge < -0.3 is 9.32 Å². The van der Waals surface area contributed by atoms with Crippen LogP contribution >= 0.6 is 0 Å². The van der Waals surface area contributed by atoms with Crippen molar-refractivity contribution >= 4 is 5.91 Å². The number of nitriles is 2. The number of carbonyl (C=O) groups is 1. The quantitative estimate of drug-likeness (QED) is 0.744. The first kappa shape index (κ1) is 17.3. The van der Waals surface area contributed by atoms with Gasteiger partial charge in [-0.3, -0.25) is 4.79 Å². The molecule has 0 unspecified atom stereocenters. The summed E-state index contributed by atoms with van der Waals surface area (Å²) >= 11 is 0. The standard InChI is InChI=1S/C19H19N3O2/c20-12-4-14-22(15-5-13-21)19(23)11-9-17-8-10-18(24-17)16-6-2-1-3-7-16/h1-3,6-8,10H,4-5,9,11,14-15H2. The van der Waals surface area contributed by atoms with Gasteiger partial charge in [-0.25, -0.2) is 0 Å². The number of rotatable bonds is 8. The van der Waals surface area contributed by atoms with E-state index in [0.29, 0.717) is 25.9 Å². The van der Waals surface area contributed by atoms with Crippen LogP contribution in [0.3, 0.4) is 0 Å². The molecule has 2 aromatic rings. The molecule has 24 heavy (non-hydrogen) atoms. The molecule has 0 aliphatic carbocycles. The minimum atomic E-state index is -0.0573. The maximum atomic E-state index is 12.3. The Morgan fingerprint density at radius 2 is 1.67 bits per heavy atom. The summed E-state index contributed by atoms with van der Waals surface area (Å²) in [4.78, 5) is 13.8. The molecule has 0 fully saturated rings. The monoisotopic (exact) mass is 321 g/mol. The Labute approximate surface area is 141 Å². The minimum Gasteiger partial charge on any atom is -0.461 e. The number of furan rings is 1. The third kappa shape index (κ3) is 5.00. The zero-order valence-corrected chi connectivity index (χ0v) is 13.4. The van der Waals surface area contributed by atoms with Gasteiger partial charge in [-0.1, -0.05) is 30.3 Å². The Morgan fingerprint density at radius 1 is 1.00 bits per heavy atom. The summed E-state index contributed by atoms with van der Waals surface area (Å²) in [5, 5.41) is 17.3. The minimum absolute atomic E-state index is 0.0573. The van der Waals surface area contributed by atoms with Crippen LogP contribution in [0.4, 0.5) is 0 Å². The second-order valence-electron chi connectivity index (χ2n) is 5.33. The van der Waals surface area contributed by atoms with E-state index in [1.165, 1.54) is 0 Å². The number of amides is 1. The summed E-state index contributed by atoms with van der Waals surface area (Å²) in [6, 6.07) is 17.6. The van der Waals surface area contributed by atoms with Gasteiger partial charge in [0.15, 0.2) is 0 Å². The van der Waals surface area contributed by atoms with Crippen molar-refractivity contribution in [2.24, 2.45) is 0 Å². The lowest BCUT2D eigenvalue weighted by atomic mass is 10.2. The van der Waals surface area contributed by atoms with Crippen LogP contribution in [0.5, 0.6) is 0 Å². The first-order chi connectivity index (χ1) is 11.7. The highest BCUT2D eigenvalue weighted by atomic mass is 16.3. The fourth-order valence-corrected chi connectivity index (χ4v) is 2.39. The van der Waals surface area contributed by atoms with Crippen LogP contribution in [0.25, 0.3) is 11.3 Å². The SMILES string of the molecule is N#CCCN(CCC#N)C(=O)CCc1ccc(-c2ccccc2)o1. The van der Waals surface area contributed by atoms with E-state index in [0.717, 1.165) is 17.1 Å². The number of aryl methyl sites for hydroxylation is 1. The zero-order chi connectivity index (χ0) is 17.2. The fourth-order valence-electron chi connectivity index (χ4n) is 2.39. The van der Waals surface area contributed by atoms with Crippen molar-refractivity contribution in [2.75, 3.05) is 13.1 Å². The molecule has 0 atom stereocenters. The average Bonchev–Trinajstić information content (AvgIpc) is 3.09. The predicted molar refractivity (Wildman–Crippen MR) is 89.5 cm³/mol. The highest BCUT2D eigenvalue weighted by molar-refractivity contribution is 5.76. The lowest BCUT2D eigenvalue weighted by Gasteiger charge is -2.20. The Hall–Kier alpha value is -3.05. The number of hydrogen-bond donors (Lipinski definition) is 0. The molecule has 1 aromatic heterocycles. The molecular weight excluding hydrogens is 302 g/mol. The Morgan fingerprint density at radius 3 is 2.29 bits per heavy atom. The second kappa shape index (κ2) is 9.17. The first-order valence-corrected chi connectivity index (χ1v) is 7.90. The normalized spacial score (nSPS) is 9.92. The van der Waals surface area contributed by atoms with Crippen LogP contribution in [0.15, 0.2) is 46.9 Å². The van der Waals surface area contributed by atoms with Crippen molar-refractivity contribution in [3.63, 3.8) is 0 Å². The molecule has 0 saturated heterocycles. The molecule has 0 aliphatic heterocycles. The lowest BCUT2D eigenvalue weighted by Crippen LogP contribution is -2.32.